The number of phosphoric ester groups is 2. The molecule has 0 heterocycles. The van der Waals surface area contributed by atoms with E-state index in [9.17, 15) is 43.2 Å². The summed E-state index contributed by atoms with van der Waals surface area (Å²) in [5, 5.41) is 10.6. The molecule has 5 atom stereocenters. The fourth-order valence-electron chi connectivity index (χ4n) is 12.0. The summed E-state index contributed by atoms with van der Waals surface area (Å²) < 4.78 is 68.7. The number of allylic oxidation sites excluding steroid dienone is 4. The first kappa shape index (κ1) is 97.5. The summed E-state index contributed by atoms with van der Waals surface area (Å²) in [7, 11) is -9.93. The molecule has 0 fully saturated rings. The van der Waals surface area contributed by atoms with Crippen LogP contribution >= 0.6 is 15.6 Å². The van der Waals surface area contributed by atoms with E-state index in [1.54, 1.807) is 0 Å². The van der Waals surface area contributed by atoms with Crippen molar-refractivity contribution in [3.63, 3.8) is 0 Å². The molecule has 100 heavy (non-hydrogen) atoms. The first-order valence-electron chi connectivity index (χ1n) is 41.3. The molecule has 2 unspecified atom stereocenters. The minimum absolute atomic E-state index is 0.0848. The lowest BCUT2D eigenvalue weighted by molar-refractivity contribution is -0.161. The lowest BCUT2D eigenvalue weighted by Crippen LogP contribution is -2.30. The number of carbonyl (C=O) groups is 4. The highest BCUT2D eigenvalue weighted by Gasteiger charge is 2.30. The van der Waals surface area contributed by atoms with E-state index in [-0.39, 0.29) is 25.7 Å². The first-order chi connectivity index (χ1) is 48.4. The Hall–Kier alpha value is -2.46. The highest BCUT2D eigenvalue weighted by molar-refractivity contribution is 7.47. The van der Waals surface area contributed by atoms with Crippen LogP contribution in [0.25, 0.3) is 0 Å². The Morgan fingerprint density at radius 2 is 0.540 bits per heavy atom. The van der Waals surface area contributed by atoms with E-state index in [1.807, 2.05) is 0 Å². The minimum Gasteiger partial charge on any atom is -0.462 e. The zero-order valence-corrected chi connectivity index (χ0v) is 66.8. The SMILES string of the molecule is CCCCCC/C=C\C=C/CCCCCCCC(=O)O[C@H](COC(=O)CCCCCCCCCCCC(C)C)COP(=O)(O)OC[C@H](O)COP(=O)(O)OC[C@@H](COC(=O)CCCCCCCCCCCCCCCC(C)C)OC(=O)CCCCCCCCCCCCCCCCCCC. The summed E-state index contributed by atoms with van der Waals surface area (Å²) >= 11 is 0. The Morgan fingerprint density at radius 1 is 0.310 bits per heavy atom. The van der Waals surface area contributed by atoms with Crippen molar-refractivity contribution >= 4 is 39.5 Å². The van der Waals surface area contributed by atoms with Gasteiger partial charge >= 0.3 is 39.5 Å². The monoisotopic (exact) mass is 1460 g/mol. The fraction of sp³-hybridized carbons (Fsp3) is 0.901. The molecule has 0 aromatic rings. The van der Waals surface area contributed by atoms with Crippen molar-refractivity contribution in [1.29, 1.82) is 0 Å². The highest BCUT2D eigenvalue weighted by atomic mass is 31.2. The molecule has 0 aromatic heterocycles. The number of rotatable bonds is 78. The minimum atomic E-state index is -4.97. The Balaban J connectivity index is 5.30. The molecule has 0 spiro atoms. The third kappa shape index (κ3) is 73.8. The molecule has 3 N–H and O–H groups in total. The zero-order valence-electron chi connectivity index (χ0n) is 65.0. The first-order valence-corrected chi connectivity index (χ1v) is 44.3. The molecule has 0 saturated carbocycles. The van der Waals surface area contributed by atoms with Gasteiger partial charge in [0.2, 0.25) is 0 Å². The largest absolute Gasteiger partial charge is 0.472 e. The second-order valence-electron chi connectivity index (χ2n) is 29.4. The average Bonchev–Trinajstić information content (AvgIpc) is 0.935. The Morgan fingerprint density at radius 3 is 0.820 bits per heavy atom. The molecule has 590 valence electrons. The molecule has 0 aromatic carbocycles. The number of ether oxygens (including phenoxy) is 4. The van der Waals surface area contributed by atoms with E-state index in [4.69, 9.17) is 37.0 Å². The average molecular weight is 1460 g/mol. The number of phosphoric acid groups is 2. The maximum atomic E-state index is 13.1. The van der Waals surface area contributed by atoms with Crippen molar-refractivity contribution in [2.24, 2.45) is 11.8 Å². The second-order valence-corrected chi connectivity index (χ2v) is 32.3. The van der Waals surface area contributed by atoms with Crippen LogP contribution in [0.3, 0.4) is 0 Å². The Bertz CT molecular complexity index is 2020. The molecule has 0 saturated heterocycles. The third-order valence-electron chi connectivity index (χ3n) is 18.3. The van der Waals surface area contributed by atoms with Crippen LogP contribution < -0.4 is 0 Å². The van der Waals surface area contributed by atoms with Gasteiger partial charge in [0.25, 0.3) is 0 Å². The quantitative estimate of drug-likeness (QED) is 0.0169. The summed E-state index contributed by atoms with van der Waals surface area (Å²) in [5.74, 6) is -0.607. The molecule has 0 bridgehead atoms. The molecule has 0 amide bonds. The predicted octanol–water partition coefficient (Wildman–Crippen LogP) is 23.8. The van der Waals surface area contributed by atoms with Crippen LogP contribution in [0.1, 0.15) is 401 Å². The maximum absolute atomic E-state index is 13.1. The summed E-state index contributed by atoms with van der Waals surface area (Å²) in [5.41, 5.74) is 0. The van der Waals surface area contributed by atoms with Crippen LogP contribution in [0.4, 0.5) is 0 Å². The maximum Gasteiger partial charge on any atom is 0.472 e. The molecule has 0 aliphatic heterocycles. The summed E-state index contributed by atoms with van der Waals surface area (Å²) in [6, 6.07) is 0. The van der Waals surface area contributed by atoms with Crippen LogP contribution in [-0.4, -0.2) is 96.7 Å². The molecular weight excluding hydrogens is 1310 g/mol. The van der Waals surface area contributed by atoms with Crippen LogP contribution in [-0.2, 0) is 65.4 Å². The Labute approximate surface area is 612 Å². The molecule has 0 radical (unpaired) electrons. The van der Waals surface area contributed by atoms with Gasteiger partial charge in [-0.05, 0) is 63.2 Å². The number of hydrogen-bond acceptors (Lipinski definition) is 15. The van der Waals surface area contributed by atoms with E-state index >= 15 is 0 Å². The van der Waals surface area contributed by atoms with Gasteiger partial charge in [0.15, 0.2) is 12.2 Å². The zero-order chi connectivity index (χ0) is 73.5. The van der Waals surface area contributed by atoms with Crippen molar-refractivity contribution in [2.75, 3.05) is 39.6 Å². The highest BCUT2D eigenvalue weighted by Crippen LogP contribution is 2.45. The lowest BCUT2D eigenvalue weighted by Gasteiger charge is -2.21. The lowest BCUT2D eigenvalue weighted by atomic mass is 10.0. The van der Waals surface area contributed by atoms with Gasteiger partial charge in [0.1, 0.15) is 19.3 Å². The molecule has 17 nitrogen and oxygen atoms in total. The van der Waals surface area contributed by atoms with Crippen LogP contribution in [0.15, 0.2) is 24.3 Å². The van der Waals surface area contributed by atoms with Gasteiger partial charge in [0, 0.05) is 25.7 Å². The Kier molecular flexibility index (Phi) is 70.3. The van der Waals surface area contributed by atoms with Crippen molar-refractivity contribution in [3.8, 4) is 0 Å². The molecule has 19 heteroatoms. The standard InChI is InChI=1S/C81H154O17P2/c1-7-9-11-13-15-17-19-21-23-24-26-30-35-41-48-54-60-66-81(86)97-76(69-91-78(83)63-57-51-45-39-33-31-27-28-32-37-43-49-55-61-73(3)4)71-95-99(87,88)93-67-75(82)68-94-100(89,90)96-72-77(70-92-79(84)64-58-52-46-42-36-38-44-50-56-62-74(5)6)98-80(85)65-59-53-47-40-34-29-25-22-20-18-16-14-12-10-8-2/h18,20,22,25,73-77,82H,7-17,19,21,23-24,26-72H2,1-6H3,(H,87,88)(H,89,90)/b20-18-,25-22-/t75-,76-,77-/m1/s1. The van der Waals surface area contributed by atoms with Gasteiger partial charge in [-0.1, -0.05) is 348 Å². The predicted molar refractivity (Wildman–Crippen MR) is 409 cm³/mol. The van der Waals surface area contributed by atoms with Gasteiger partial charge in [-0.25, -0.2) is 9.13 Å². The topological polar surface area (TPSA) is 237 Å². The van der Waals surface area contributed by atoms with Crippen LogP contribution in [0.2, 0.25) is 0 Å². The van der Waals surface area contributed by atoms with E-state index < -0.39 is 97.5 Å². The smallest absolute Gasteiger partial charge is 0.462 e. The van der Waals surface area contributed by atoms with Crippen molar-refractivity contribution < 1.29 is 80.2 Å². The van der Waals surface area contributed by atoms with Gasteiger partial charge < -0.3 is 33.8 Å². The fourth-order valence-corrected chi connectivity index (χ4v) is 13.6. The van der Waals surface area contributed by atoms with Crippen molar-refractivity contribution in [1.82, 2.24) is 0 Å². The van der Waals surface area contributed by atoms with Gasteiger partial charge in [-0.15, -0.1) is 0 Å². The van der Waals surface area contributed by atoms with E-state index in [0.29, 0.717) is 25.7 Å². The number of esters is 4. The summed E-state index contributed by atoms with van der Waals surface area (Å²) in [4.78, 5) is 73.0. The molecule has 0 aliphatic rings. The number of carbonyl (C=O) groups excluding carboxylic acids is 4. The van der Waals surface area contributed by atoms with Gasteiger partial charge in [-0.3, -0.25) is 37.3 Å². The van der Waals surface area contributed by atoms with Crippen LogP contribution in [0, 0.1) is 11.8 Å². The molecular formula is C81H154O17P2. The molecule has 0 rings (SSSR count). The van der Waals surface area contributed by atoms with Crippen LogP contribution in [0.5, 0.6) is 0 Å². The van der Waals surface area contributed by atoms with Crippen molar-refractivity contribution in [3.05, 3.63) is 24.3 Å². The summed E-state index contributed by atoms with van der Waals surface area (Å²) in [6.45, 7) is 9.57. The number of unbranched alkanes of at least 4 members (excludes halogenated alkanes) is 45. The van der Waals surface area contributed by atoms with Gasteiger partial charge in [-0.2, -0.15) is 0 Å². The number of hydrogen-bond donors (Lipinski definition) is 3. The van der Waals surface area contributed by atoms with E-state index in [2.05, 4.69) is 65.8 Å². The normalized spacial score (nSPS) is 14.1. The number of aliphatic hydroxyl groups is 1. The summed E-state index contributed by atoms with van der Waals surface area (Å²) in [6.07, 6.45) is 64.5. The second kappa shape index (κ2) is 72.1. The van der Waals surface area contributed by atoms with E-state index in [1.165, 1.54) is 205 Å². The third-order valence-corrected chi connectivity index (χ3v) is 20.2. The van der Waals surface area contributed by atoms with Crippen molar-refractivity contribution in [2.45, 2.75) is 419 Å². The molecule has 0 aliphatic carbocycles. The van der Waals surface area contributed by atoms with E-state index in [0.717, 1.165) is 115 Å². The van der Waals surface area contributed by atoms with Gasteiger partial charge in [0.05, 0.1) is 26.4 Å². The number of aliphatic hydroxyl groups excluding tert-OH is 1.